The first-order valence-electron chi connectivity index (χ1n) is 9.13. The summed E-state index contributed by atoms with van der Waals surface area (Å²) in [6, 6.07) is 11.0. The van der Waals surface area contributed by atoms with E-state index in [4.69, 9.17) is 0 Å². The molecular weight excluding hydrogens is 466 g/mol. The number of alkyl halides is 2. The third-order valence-corrected chi connectivity index (χ3v) is 7.47. The van der Waals surface area contributed by atoms with Crippen LogP contribution in [0.15, 0.2) is 58.3 Å². The molecule has 3 aromatic rings. The molecule has 1 amide bonds. The number of carbonyl (C=O) groups is 1. The number of hydrogen-bond acceptors (Lipinski definition) is 7. The molecule has 31 heavy (non-hydrogen) atoms. The lowest BCUT2D eigenvalue weighted by molar-refractivity contribution is 0.102. The molecule has 0 atom stereocenters. The Balaban J connectivity index is 1.40. The molecule has 0 unspecified atom stereocenters. The lowest BCUT2D eigenvalue weighted by Gasteiger charge is -2.09. The lowest BCUT2D eigenvalue weighted by Crippen LogP contribution is -2.14. The number of rotatable bonds is 8. The summed E-state index contributed by atoms with van der Waals surface area (Å²) in [4.78, 5) is 12.7. The molecule has 4 rings (SSSR count). The van der Waals surface area contributed by atoms with Crippen LogP contribution in [0.5, 0.6) is 0 Å². The first kappa shape index (κ1) is 21.7. The fraction of sp³-hybridized carbons (Fsp3) is 0.211. The molecule has 0 bridgehead atoms. The number of benzene rings is 2. The molecule has 1 heterocycles. The van der Waals surface area contributed by atoms with Gasteiger partial charge >= 0.3 is 0 Å². The molecule has 2 N–H and O–H groups in total. The normalized spacial score (nSPS) is 13.9. The Morgan fingerprint density at radius 1 is 1.06 bits per heavy atom. The van der Waals surface area contributed by atoms with E-state index in [1.165, 1.54) is 59.9 Å². The van der Waals surface area contributed by atoms with Gasteiger partial charge in [0.05, 0.1) is 4.90 Å². The van der Waals surface area contributed by atoms with Crippen molar-refractivity contribution in [2.24, 2.45) is 0 Å². The third-order valence-electron chi connectivity index (χ3n) is 4.35. The Bertz CT molecular complexity index is 1180. The minimum Gasteiger partial charge on any atom is -0.296 e. The number of nitrogens with zero attached hydrogens (tertiary/aromatic N) is 2. The average molecular weight is 483 g/mol. The number of amides is 1. The summed E-state index contributed by atoms with van der Waals surface area (Å²) in [7, 11) is -3.91. The fourth-order valence-corrected chi connectivity index (χ4v) is 5.12. The standard InChI is InChI=1S/C19H16F2N4O3S3/c20-18(21)29-14-7-5-13(6-8-14)25-31(27,28)15-9-3-11(4-10-15)16(26)22-19-24-23-17(30-19)12-1-2-12/h3-10,12,18,25H,1-2H2,(H,22,24,26). The Morgan fingerprint density at radius 3 is 2.35 bits per heavy atom. The number of nitrogens with one attached hydrogen (secondary N) is 2. The first-order valence-corrected chi connectivity index (χ1v) is 12.3. The molecule has 0 radical (unpaired) electrons. The van der Waals surface area contributed by atoms with Gasteiger partial charge in [-0.1, -0.05) is 23.1 Å². The number of hydrogen-bond donors (Lipinski definition) is 2. The van der Waals surface area contributed by atoms with Gasteiger partial charge in [0, 0.05) is 22.1 Å². The van der Waals surface area contributed by atoms with Gasteiger partial charge in [0.25, 0.3) is 21.7 Å². The summed E-state index contributed by atoms with van der Waals surface area (Å²) < 4.78 is 52.2. The fourth-order valence-electron chi connectivity index (χ4n) is 2.65. The monoisotopic (exact) mass is 482 g/mol. The minimum absolute atomic E-state index is 0.0398. The second-order valence-corrected chi connectivity index (χ2v) is 10.5. The number of sulfonamides is 1. The van der Waals surface area contributed by atoms with E-state index in [2.05, 4.69) is 20.2 Å². The van der Waals surface area contributed by atoms with E-state index in [0.717, 1.165) is 17.8 Å². The van der Waals surface area contributed by atoms with E-state index in [-0.39, 0.29) is 16.1 Å². The van der Waals surface area contributed by atoms with Crippen molar-refractivity contribution in [3.8, 4) is 0 Å². The van der Waals surface area contributed by atoms with Crippen LogP contribution >= 0.6 is 23.1 Å². The smallest absolute Gasteiger partial charge is 0.288 e. The van der Waals surface area contributed by atoms with E-state index in [0.29, 0.717) is 27.7 Å². The zero-order valence-electron chi connectivity index (χ0n) is 15.8. The van der Waals surface area contributed by atoms with Crippen molar-refractivity contribution in [1.29, 1.82) is 0 Å². The van der Waals surface area contributed by atoms with Crippen LogP contribution in [0.4, 0.5) is 19.6 Å². The van der Waals surface area contributed by atoms with Gasteiger partial charge in [0.2, 0.25) is 5.13 Å². The van der Waals surface area contributed by atoms with Crippen molar-refractivity contribution in [2.75, 3.05) is 10.0 Å². The van der Waals surface area contributed by atoms with Crippen LogP contribution < -0.4 is 10.0 Å². The van der Waals surface area contributed by atoms with E-state index in [1.807, 2.05) is 0 Å². The highest BCUT2D eigenvalue weighted by Gasteiger charge is 2.27. The van der Waals surface area contributed by atoms with Gasteiger partial charge < -0.3 is 0 Å². The van der Waals surface area contributed by atoms with Crippen LogP contribution in [0.3, 0.4) is 0 Å². The van der Waals surface area contributed by atoms with Crippen molar-refractivity contribution < 1.29 is 22.0 Å². The van der Waals surface area contributed by atoms with E-state index >= 15 is 0 Å². The molecule has 162 valence electrons. The molecule has 0 saturated heterocycles. The summed E-state index contributed by atoms with van der Waals surface area (Å²) in [5, 5.41) is 12.0. The molecule has 0 spiro atoms. The van der Waals surface area contributed by atoms with Crippen molar-refractivity contribution in [3.05, 3.63) is 59.1 Å². The maximum absolute atomic E-state index is 12.6. The molecule has 1 aliphatic rings. The first-order chi connectivity index (χ1) is 14.8. The summed E-state index contributed by atoms with van der Waals surface area (Å²) in [6.45, 7) is 0. The number of carbonyl (C=O) groups excluding carboxylic acids is 1. The molecular formula is C19H16F2N4O3S3. The summed E-state index contributed by atoms with van der Waals surface area (Å²) >= 11 is 1.71. The van der Waals surface area contributed by atoms with Gasteiger partial charge in [-0.15, -0.1) is 10.2 Å². The number of halogens is 2. The molecule has 1 fully saturated rings. The molecule has 7 nitrogen and oxygen atoms in total. The highest BCUT2D eigenvalue weighted by atomic mass is 32.2. The van der Waals surface area contributed by atoms with Gasteiger partial charge in [-0.25, -0.2) is 8.42 Å². The highest BCUT2D eigenvalue weighted by molar-refractivity contribution is 7.99. The van der Waals surface area contributed by atoms with E-state index in [1.54, 1.807) is 0 Å². The molecule has 12 heteroatoms. The van der Waals surface area contributed by atoms with Crippen LogP contribution in [0.2, 0.25) is 0 Å². The predicted octanol–water partition coefficient (Wildman–Crippen LogP) is 4.78. The molecule has 1 aromatic heterocycles. The molecule has 1 saturated carbocycles. The van der Waals surface area contributed by atoms with Crippen LogP contribution in [0, 0.1) is 0 Å². The maximum atomic E-state index is 12.6. The minimum atomic E-state index is -3.91. The largest absolute Gasteiger partial charge is 0.296 e. The Kier molecular flexibility index (Phi) is 6.21. The number of anilines is 2. The maximum Gasteiger partial charge on any atom is 0.288 e. The van der Waals surface area contributed by atoms with Gasteiger partial charge in [-0.2, -0.15) is 8.78 Å². The topological polar surface area (TPSA) is 101 Å². The SMILES string of the molecule is O=C(Nc1nnc(C2CC2)s1)c1ccc(S(=O)(=O)Nc2ccc(SC(F)F)cc2)cc1. The van der Waals surface area contributed by atoms with Crippen molar-refractivity contribution in [1.82, 2.24) is 10.2 Å². The van der Waals surface area contributed by atoms with Gasteiger partial charge in [-0.3, -0.25) is 14.8 Å². The van der Waals surface area contributed by atoms with Crippen LogP contribution in [0.25, 0.3) is 0 Å². The third kappa shape index (κ3) is 5.57. The highest BCUT2D eigenvalue weighted by Crippen LogP contribution is 2.42. The lowest BCUT2D eigenvalue weighted by atomic mass is 10.2. The number of aromatic nitrogens is 2. The second kappa shape index (κ2) is 8.89. The summed E-state index contributed by atoms with van der Waals surface area (Å²) in [5.41, 5.74) is 0.513. The quantitative estimate of drug-likeness (QED) is 0.448. The summed E-state index contributed by atoms with van der Waals surface area (Å²) in [6.07, 6.45) is 2.18. The van der Waals surface area contributed by atoms with Crippen LogP contribution in [-0.2, 0) is 10.0 Å². The average Bonchev–Trinajstić information content (AvgIpc) is 3.48. The zero-order chi connectivity index (χ0) is 22.0. The Labute approximate surface area is 185 Å². The van der Waals surface area contributed by atoms with Crippen LogP contribution in [0.1, 0.15) is 34.1 Å². The van der Waals surface area contributed by atoms with Crippen molar-refractivity contribution in [2.45, 2.75) is 34.3 Å². The van der Waals surface area contributed by atoms with E-state index < -0.39 is 21.7 Å². The predicted molar refractivity (Wildman–Crippen MR) is 115 cm³/mol. The van der Waals surface area contributed by atoms with Crippen LogP contribution in [-0.4, -0.2) is 30.3 Å². The zero-order valence-corrected chi connectivity index (χ0v) is 18.2. The molecule has 2 aromatic carbocycles. The van der Waals surface area contributed by atoms with E-state index in [9.17, 15) is 22.0 Å². The number of thioether (sulfide) groups is 1. The Hall–Kier alpha value is -2.57. The van der Waals surface area contributed by atoms with Gasteiger partial charge in [0.1, 0.15) is 5.01 Å². The molecule has 0 aliphatic heterocycles. The van der Waals surface area contributed by atoms with Crippen molar-refractivity contribution in [3.63, 3.8) is 0 Å². The summed E-state index contributed by atoms with van der Waals surface area (Å²) in [5.74, 6) is -2.52. The molecule has 1 aliphatic carbocycles. The van der Waals surface area contributed by atoms with Crippen molar-refractivity contribution >= 4 is 49.8 Å². The van der Waals surface area contributed by atoms with Gasteiger partial charge in [0.15, 0.2) is 0 Å². The van der Waals surface area contributed by atoms with Gasteiger partial charge in [-0.05, 0) is 61.4 Å². The Morgan fingerprint density at radius 2 is 1.74 bits per heavy atom. The second-order valence-electron chi connectivity index (χ2n) is 6.71.